The van der Waals surface area contributed by atoms with E-state index in [1.807, 2.05) is 72.8 Å². The Bertz CT molecular complexity index is 922. The largest absolute Gasteiger partial charge is 0.339 e. The van der Waals surface area contributed by atoms with Gasteiger partial charge in [0.05, 0.1) is 0 Å². The van der Waals surface area contributed by atoms with Gasteiger partial charge in [-0.05, 0) is 42.0 Å². The molecular formula is C21H17ClN2O2S. The number of hydrogen-bond donors (Lipinski definition) is 0. The van der Waals surface area contributed by atoms with E-state index in [1.54, 1.807) is 12.1 Å². The lowest BCUT2D eigenvalue weighted by Gasteiger charge is -2.51. The Balaban J connectivity index is 1.74. The fraction of sp³-hybridized carbons (Fsp3) is 0.143. The monoisotopic (exact) mass is 396 g/mol. The molecule has 4 rings (SSSR count). The third-order valence-corrected chi connectivity index (χ3v) is 6.24. The van der Waals surface area contributed by atoms with Gasteiger partial charge >= 0.3 is 0 Å². The van der Waals surface area contributed by atoms with Gasteiger partial charge in [0, 0.05) is 20.5 Å². The van der Waals surface area contributed by atoms with Crippen molar-refractivity contribution >= 4 is 29.1 Å². The predicted octanol–water partition coefficient (Wildman–Crippen LogP) is 5.67. The second kappa shape index (κ2) is 7.62. The van der Waals surface area contributed by atoms with Crippen molar-refractivity contribution in [2.75, 3.05) is 4.90 Å². The SMILES string of the molecule is O=[N+]([O-])[C@@H]1[C@@H](c2ccc(Cl)cc2)N(c2ccccc2)[C@H]1Sc1ccccc1. The van der Waals surface area contributed by atoms with Gasteiger partial charge < -0.3 is 4.90 Å². The van der Waals surface area contributed by atoms with Gasteiger partial charge in [-0.3, -0.25) is 10.1 Å². The normalized spacial score (nSPS) is 21.5. The molecule has 1 aliphatic rings. The van der Waals surface area contributed by atoms with Gasteiger partial charge in [0.1, 0.15) is 6.04 Å². The third kappa shape index (κ3) is 3.53. The van der Waals surface area contributed by atoms with Crippen LogP contribution in [0, 0.1) is 10.1 Å². The molecule has 0 radical (unpaired) electrons. The van der Waals surface area contributed by atoms with Crippen LogP contribution in [-0.2, 0) is 0 Å². The Morgan fingerprint density at radius 1 is 0.889 bits per heavy atom. The van der Waals surface area contributed by atoms with Crippen LogP contribution in [0.5, 0.6) is 0 Å². The Kier molecular flexibility index (Phi) is 5.05. The van der Waals surface area contributed by atoms with E-state index < -0.39 is 6.04 Å². The molecule has 0 aromatic heterocycles. The highest BCUT2D eigenvalue weighted by molar-refractivity contribution is 8.00. The summed E-state index contributed by atoms with van der Waals surface area (Å²) in [6.45, 7) is 0. The summed E-state index contributed by atoms with van der Waals surface area (Å²) in [5, 5.41) is 12.3. The number of benzene rings is 3. The van der Waals surface area contributed by atoms with Gasteiger partial charge in [-0.25, -0.2) is 0 Å². The van der Waals surface area contributed by atoms with Crippen molar-refractivity contribution in [2.24, 2.45) is 0 Å². The lowest BCUT2D eigenvalue weighted by Crippen LogP contribution is -2.63. The summed E-state index contributed by atoms with van der Waals surface area (Å²) in [5.41, 5.74) is 1.87. The van der Waals surface area contributed by atoms with E-state index in [0.29, 0.717) is 5.02 Å². The van der Waals surface area contributed by atoms with Crippen LogP contribution in [0.25, 0.3) is 0 Å². The average Bonchev–Trinajstić information content (AvgIpc) is 2.67. The van der Waals surface area contributed by atoms with Crippen LogP contribution in [-0.4, -0.2) is 16.3 Å². The summed E-state index contributed by atoms with van der Waals surface area (Å²) >= 11 is 7.54. The first-order chi connectivity index (χ1) is 13.1. The lowest BCUT2D eigenvalue weighted by molar-refractivity contribution is -0.537. The zero-order chi connectivity index (χ0) is 18.8. The number of para-hydroxylation sites is 1. The minimum absolute atomic E-state index is 0.153. The maximum atomic E-state index is 11.9. The van der Waals surface area contributed by atoms with Crippen LogP contribution in [0.1, 0.15) is 11.6 Å². The van der Waals surface area contributed by atoms with Crippen molar-refractivity contribution in [3.05, 3.63) is 106 Å². The van der Waals surface area contributed by atoms with E-state index in [0.717, 1.165) is 16.1 Å². The summed E-state index contributed by atoms with van der Waals surface area (Å²) in [6, 6.07) is 26.0. The molecular weight excluding hydrogens is 380 g/mol. The quantitative estimate of drug-likeness (QED) is 0.412. The first kappa shape index (κ1) is 17.9. The smallest absolute Gasteiger partial charge is 0.266 e. The molecule has 0 unspecified atom stereocenters. The molecule has 3 aromatic carbocycles. The van der Waals surface area contributed by atoms with E-state index in [2.05, 4.69) is 4.90 Å². The number of anilines is 1. The van der Waals surface area contributed by atoms with E-state index in [9.17, 15) is 10.1 Å². The number of halogens is 1. The zero-order valence-electron chi connectivity index (χ0n) is 14.3. The molecule has 3 atom stereocenters. The highest BCUT2D eigenvalue weighted by Gasteiger charge is 2.57. The van der Waals surface area contributed by atoms with Gasteiger partial charge in [0.15, 0.2) is 5.37 Å². The van der Waals surface area contributed by atoms with Crippen LogP contribution in [0.15, 0.2) is 89.8 Å². The topological polar surface area (TPSA) is 46.4 Å². The number of thioether (sulfide) groups is 1. The molecule has 27 heavy (non-hydrogen) atoms. The second-order valence-electron chi connectivity index (χ2n) is 6.34. The molecule has 0 amide bonds. The maximum absolute atomic E-state index is 11.9. The Labute approximate surface area is 166 Å². The van der Waals surface area contributed by atoms with Crippen LogP contribution < -0.4 is 4.90 Å². The van der Waals surface area contributed by atoms with E-state index in [-0.39, 0.29) is 16.3 Å². The van der Waals surface area contributed by atoms with Gasteiger partial charge in [0.25, 0.3) is 6.04 Å². The van der Waals surface area contributed by atoms with E-state index in [1.165, 1.54) is 11.8 Å². The molecule has 1 aliphatic heterocycles. The zero-order valence-corrected chi connectivity index (χ0v) is 15.9. The van der Waals surface area contributed by atoms with Gasteiger partial charge in [0.2, 0.25) is 0 Å². The van der Waals surface area contributed by atoms with Gasteiger partial charge in [-0.2, -0.15) is 0 Å². The molecule has 1 fully saturated rings. The standard InChI is InChI=1S/C21H17ClN2O2S/c22-16-13-11-15(12-14-16)19-20(24(25)26)21(27-18-9-5-2-6-10-18)23(19)17-7-3-1-4-8-17/h1-14,19-21H/t19-,20-,21+/m1/s1. The second-order valence-corrected chi connectivity index (χ2v) is 7.96. The highest BCUT2D eigenvalue weighted by Crippen LogP contribution is 2.50. The van der Waals surface area contributed by atoms with Crippen LogP contribution in [0.3, 0.4) is 0 Å². The summed E-state index contributed by atoms with van der Waals surface area (Å²) in [5.74, 6) is 0. The van der Waals surface area contributed by atoms with Gasteiger partial charge in [-0.1, -0.05) is 71.9 Å². The minimum atomic E-state index is -0.711. The first-order valence-corrected chi connectivity index (χ1v) is 9.85. The Morgan fingerprint density at radius 3 is 2.07 bits per heavy atom. The molecule has 3 aromatic rings. The van der Waals surface area contributed by atoms with Crippen molar-refractivity contribution in [3.8, 4) is 0 Å². The first-order valence-electron chi connectivity index (χ1n) is 8.59. The molecule has 4 nitrogen and oxygen atoms in total. The van der Waals surface area contributed by atoms with Gasteiger partial charge in [-0.15, -0.1) is 0 Å². The summed E-state index contributed by atoms with van der Waals surface area (Å²) < 4.78 is 0. The molecule has 0 saturated carbocycles. The van der Waals surface area contributed by atoms with Crippen LogP contribution >= 0.6 is 23.4 Å². The minimum Gasteiger partial charge on any atom is -0.339 e. The Morgan fingerprint density at radius 2 is 1.48 bits per heavy atom. The van der Waals surface area contributed by atoms with Crippen molar-refractivity contribution in [1.82, 2.24) is 0 Å². The van der Waals surface area contributed by atoms with E-state index >= 15 is 0 Å². The molecule has 1 saturated heterocycles. The molecule has 0 aliphatic carbocycles. The molecule has 6 heteroatoms. The fourth-order valence-corrected chi connectivity index (χ4v) is 4.92. The number of hydrogen-bond acceptors (Lipinski definition) is 4. The fourth-order valence-electron chi connectivity index (χ4n) is 3.45. The van der Waals surface area contributed by atoms with Crippen molar-refractivity contribution < 1.29 is 4.92 Å². The molecule has 0 N–H and O–H groups in total. The average molecular weight is 397 g/mol. The van der Waals surface area contributed by atoms with Crippen molar-refractivity contribution in [3.63, 3.8) is 0 Å². The highest BCUT2D eigenvalue weighted by atomic mass is 35.5. The summed E-state index contributed by atoms with van der Waals surface area (Å²) in [4.78, 5) is 14.9. The van der Waals surface area contributed by atoms with E-state index in [4.69, 9.17) is 11.6 Å². The van der Waals surface area contributed by atoms with Crippen LogP contribution in [0.4, 0.5) is 5.69 Å². The molecule has 0 spiro atoms. The maximum Gasteiger partial charge on any atom is 0.266 e. The van der Waals surface area contributed by atoms with Crippen molar-refractivity contribution in [1.29, 1.82) is 0 Å². The molecule has 136 valence electrons. The third-order valence-electron chi connectivity index (χ3n) is 4.70. The number of rotatable bonds is 5. The van der Waals surface area contributed by atoms with Crippen molar-refractivity contribution in [2.45, 2.75) is 22.4 Å². The summed E-state index contributed by atoms with van der Waals surface area (Å²) in [7, 11) is 0. The number of nitrogens with zero attached hydrogens (tertiary/aromatic N) is 2. The predicted molar refractivity (Wildman–Crippen MR) is 110 cm³/mol. The lowest BCUT2D eigenvalue weighted by atomic mass is 9.88. The summed E-state index contributed by atoms with van der Waals surface area (Å²) in [6.07, 6.45) is 0. The molecule has 1 heterocycles. The van der Waals surface area contributed by atoms with Crippen LogP contribution in [0.2, 0.25) is 5.02 Å². The molecule has 0 bridgehead atoms. The number of nitro groups is 1. The Hall–Kier alpha value is -2.50.